The molecule has 24 heavy (non-hydrogen) atoms. The molecule has 1 amide bonds. The van der Waals surface area contributed by atoms with Crippen LogP contribution in [0.4, 0.5) is 0 Å². The molecule has 0 radical (unpaired) electrons. The lowest BCUT2D eigenvalue weighted by Crippen LogP contribution is -2.53. The maximum atomic E-state index is 12.1. The van der Waals surface area contributed by atoms with Gasteiger partial charge in [-0.1, -0.05) is 6.07 Å². The number of β-amino-alcohol motifs (C(OH)–C–C–N with tert-alkyl or cyclic N) is 1. The van der Waals surface area contributed by atoms with Gasteiger partial charge in [-0.05, 0) is 31.0 Å². The predicted molar refractivity (Wildman–Crippen MR) is 91.0 cm³/mol. The van der Waals surface area contributed by atoms with Crippen LogP contribution in [0.25, 0.3) is 10.9 Å². The number of amides is 1. The molecule has 1 atom stereocenters. The molecule has 1 aliphatic carbocycles. The SMILES string of the molecule is O=C1CN(C[C@H](O)COc2cccc3[nH]ccc23)CCN1C1CC1. The van der Waals surface area contributed by atoms with Crippen LogP contribution in [0.5, 0.6) is 5.75 Å². The van der Waals surface area contributed by atoms with E-state index in [-0.39, 0.29) is 12.5 Å². The molecule has 2 fully saturated rings. The zero-order valence-corrected chi connectivity index (χ0v) is 13.6. The highest BCUT2D eigenvalue weighted by molar-refractivity contribution is 5.85. The van der Waals surface area contributed by atoms with Gasteiger partial charge in [-0.25, -0.2) is 0 Å². The first-order chi connectivity index (χ1) is 11.7. The number of hydrogen-bond donors (Lipinski definition) is 2. The van der Waals surface area contributed by atoms with Gasteiger partial charge in [0.05, 0.1) is 6.54 Å². The Morgan fingerprint density at radius 3 is 2.96 bits per heavy atom. The highest BCUT2D eigenvalue weighted by Crippen LogP contribution is 2.28. The van der Waals surface area contributed by atoms with Crippen molar-refractivity contribution in [3.05, 3.63) is 30.5 Å². The van der Waals surface area contributed by atoms with Crippen molar-refractivity contribution in [1.29, 1.82) is 0 Å². The molecule has 2 aliphatic rings. The Kier molecular flexibility index (Phi) is 4.16. The molecule has 1 saturated carbocycles. The molecule has 2 heterocycles. The van der Waals surface area contributed by atoms with E-state index in [1.54, 1.807) is 0 Å². The maximum Gasteiger partial charge on any atom is 0.237 e. The lowest BCUT2D eigenvalue weighted by atomic mass is 10.2. The topological polar surface area (TPSA) is 68.8 Å². The van der Waals surface area contributed by atoms with Gasteiger partial charge in [-0.15, -0.1) is 0 Å². The monoisotopic (exact) mass is 329 g/mol. The van der Waals surface area contributed by atoms with Crippen LogP contribution >= 0.6 is 0 Å². The minimum absolute atomic E-state index is 0.189. The molecule has 2 N–H and O–H groups in total. The van der Waals surface area contributed by atoms with Gasteiger partial charge in [0.2, 0.25) is 5.91 Å². The van der Waals surface area contributed by atoms with Crippen LogP contribution in [0, 0.1) is 0 Å². The molecule has 0 spiro atoms. The van der Waals surface area contributed by atoms with Crippen molar-refractivity contribution < 1.29 is 14.6 Å². The van der Waals surface area contributed by atoms with E-state index in [0.717, 1.165) is 42.6 Å². The number of fused-ring (bicyclic) bond motifs is 1. The summed E-state index contributed by atoms with van der Waals surface area (Å²) < 4.78 is 5.79. The minimum Gasteiger partial charge on any atom is -0.490 e. The Labute approximate surface area is 141 Å². The second-order valence-electron chi connectivity index (χ2n) is 6.71. The number of aromatic amines is 1. The van der Waals surface area contributed by atoms with Crippen LogP contribution in [-0.4, -0.2) is 70.7 Å². The Balaban J connectivity index is 1.28. The van der Waals surface area contributed by atoms with E-state index in [2.05, 4.69) is 4.98 Å². The summed E-state index contributed by atoms with van der Waals surface area (Å²) in [6.07, 6.45) is 3.55. The summed E-state index contributed by atoms with van der Waals surface area (Å²) in [7, 11) is 0. The fourth-order valence-electron chi connectivity index (χ4n) is 3.38. The third-order valence-corrected chi connectivity index (χ3v) is 4.78. The van der Waals surface area contributed by atoms with E-state index in [1.807, 2.05) is 40.3 Å². The third-order valence-electron chi connectivity index (χ3n) is 4.78. The second-order valence-corrected chi connectivity index (χ2v) is 6.71. The molecule has 0 bridgehead atoms. The fraction of sp³-hybridized carbons (Fsp3) is 0.500. The Hall–Kier alpha value is -2.05. The van der Waals surface area contributed by atoms with Crippen molar-refractivity contribution in [3.63, 3.8) is 0 Å². The van der Waals surface area contributed by atoms with Crippen LogP contribution in [0.2, 0.25) is 0 Å². The number of piperazine rings is 1. The zero-order valence-electron chi connectivity index (χ0n) is 13.6. The highest BCUT2D eigenvalue weighted by Gasteiger charge is 2.35. The fourth-order valence-corrected chi connectivity index (χ4v) is 3.38. The molecule has 4 rings (SSSR count). The van der Waals surface area contributed by atoms with E-state index in [4.69, 9.17) is 4.74 Å². The molecule has 6 heteroatoms. The number of hydrogen-bond acceptors (Lipinski definition) is 4. The van der Waals surface area contributed by atoms with Crippen molar-refractivity contribution >= 4 is 16.8 Å². The molecule has 128 valence electrons. The molecule has 6 nitrogen and oxygen atoms in total. The standard InChI is InChI=1S/C18H23N3O3/c22-14(10-20-8-9-21(13-4-5-13)18(23)11-20)12-24-17-3-1-2-16-15(17)6-7-19-16/h1-3,6-7,13-14,19,22H,4-5,8-12H2/t14-/m0/s1. The zero-order chi connectivity index (χ0) is 16.5. The molecular weight excluding hydrogens is 306 g/mol. The number of aromatic nitrogens is 1. The van der Waals surface area contributed by atoms with Gasteiger partial charge in [-0.3, -0.25) is 9.69 Å². The lowest BCUT2D eigenvalue weighted by Gasteiger charge is -2.35. The number of aliphatic hydroxyl groups is 1. The Morgan fingerprint density at radius 1 is 1.29 bits per heavy atom. The average Bonchev–Trinajstić information content (AvgIpc) is 3.29. The third kappa shape index (κ3) is 3.25. The van der Waals surface area contributed by atoms with E-state index < -0.39 is 6.10 Å². The van der Waals surface area contributed by atoms with Crippen molar-refractivity contribution in [2.75, 3.05) is 32.8 Å². The number of aliphatic hydroxyl groups excluding tert-OH is 1. The normalized spacial score (nSPS) is 20.5. The van der Waals surface area contributed by atoms with Gasteiger partial charge in [0.1, 0.15) is 18.5 Å². The number of nitrogens with one attached hydrogen (secondary N) is 1. The Morgan fingerprint density at radius 2 is 2.17 bits per heavy atom. The lowest BCUT2D eigenvalue weighted by molar-refractivity contribution is -0.137. The predicted octanol–water partition coefficient (Wildman–Crippen LogP) is 1.21. The van der Waals surface area contributed by atoms with Gasteiger partial charge in [0.25, 0.3) is 0 Å². The van der Waals surface area contributed by atoms with Gasteiger partial charge < -0.3 is 19.7 Å². The van der Waals surface area contributed by atoms with Crippen molar-refractivity contribution in [3.8, 4) is 5.75 Å². The van der Waals surface area contributed by atoms with E-state index in [0.29, 0.717) is 19.1 Å². The Bertz CT molecular complexity index is 725. The van der Waals surface area contributed by atoms with E-state index >= 15 is 0 Å². The highest BCUT2D eigenvalue weighted by atomic mass is 16.5. The van der Waals surface area contributed by atoms with Gasteiger partial charge in [-0.2, -0.15) is 0 Å². The molecule has 1 saturated heterocycles. The van der Waals surface area contributed by atoms with Crippen LogP contribution in [0.3, 0.4) is 0 Å². The number of rotatable bonds is 6. The number of carbonyl (C=O) groups is 1. The first kappa shape index (κ1) is 15.5. The summed E-state index contributed by atoms with van der Waals surface area (Å²) in [4.78, 5) is 19.3. The second kappa shape index (κ2) is 6.45. The summed E-state index contributed by atoms with van der Waals surface area (Å²) in [6.45, 7) is 2.70. The minimum atomic E-state index is -0.612. The van der Waals surface area contributed by atoms with Gasteiger partial charge in [0, 0.05) is 42.8 Å². The van der Waals surface area contributed by atoms with Crippen LogP contribution in [-0.2, 0) is 4.79 Å². The summed E-state index contributed by atoms with van der Waals surface area (Å²) in [5, 5.41) is 11.3. The molecular formula is C18H23N3O3. The number of nitrogens with zero attached hydrogens (tertiary/aromatic N) is 2. The number of benzene rings is 1. The average molecular weight is 329 g/mol. The van der Waals surface area contributed by atoms with E-state index in [1.165, 1.54) is 0 Å². The van der Waals surface area contributed by atoms with E-state index in [9.17, 15) is 9.90 Å². The summed E-state index contributed by atoms with van der Waals surface area (Å²) in [5.41, 5.74) is 1.02. The van der Waals surface area contributed by atoms with Crippen LogP contribution in [0.15, 0.2) is 30.5 Å². The van der Waals surface area contributed by atoms with Crippen LogP contribution in [0.1, 0.15) is 12.8 Å². The van der Waals surface area contributed by atoms with Gasteiger partial charge in [0.15, 0.2) is 0 Å². The van der Waals surface area contributed by atoms with Crippen molar-refractivity contribution in [2.45, 2.75) is 25.0 Å². The van der Waals surface area contributed by atoms with Gasteiger partial charge >= 0.3 is 0 Å². The first-order valence-corrected chi connectivity index (χ1v) is 8.59. The number of ether oxygens (including phenoxy) is 1. The molecule has 1 aliphatic heterocycles. The molecule has 0 unspecified atom stereocenters. The quantitative estimate of drug-likeness (QED) is 0.836. The van der Waals surface area contributed by atoms with Crippen molar-refractivity contribution in [1.82, 2.24) is 14.8 Å². The molecule has 1 aromatic carbocycles. The van der Waals surface area contributed by atoms with Crippen LogP contribution < -0.4 is 4.74 Å². The van der Waals surface area contributed by atoms with Crippen molar-refractivity contribution in [2.24, 2.45) is 0 Å². The summed E-state index contributed by atoms with van der Waals surface area (Å²) in [5.74, 6) is 0.955. The largest absolute Gasteiger partial charge is 0.490 e. The molecule has 2 aromatic rings. The maximum absolute atomic E-state index is 12.1. The number of H-pyrrole nitrogens is 1. The smallest absolute Gasteiger partial charge is 0.237 e. The molecule has 1 aromatic heterocycles. The summed E-state index contributed by atoms with van der Waals surface area (Å²) in [6, 6.07) is 8.27. The summed E-state index contributed by atoms with van der Waals surface area (Å²) >= 11 is 0. The first-order valence-electron chi connectivity index (χ1n) is 8.59. The number of carbonyl (C=O) groups excluding carboxylic acids is 1.